The lowest BCUT2D eigenvalue weighted by Gasteiger charge is -2.26. The highest BCUT2D eigenvalue weighted by molar-refractivity contribution is 5.28. The van der Waals surface area contributed by atoms with Crippen molar-refractivity contribution in [3.63, 3.8) is 0 Å². The molecule has 2 N–H and O–H groups in total. The summed E-state index contributed by atoms with van der Waals surface area (Å²) in [6, 6.07) is 17.8. The highest BCUT2D eigenvalue weighted by atomic mass is 16.5. The van der Waals surface area contributed by atoms with Gasteiger partial charge in [-0.1, -0.05) is 77.9 Å². The Bertz CT molecular complexity index is 887. The molecule has 0 amide bonds. The summed E-state index contributed by atoms with van der Waals surface area (Å²) < 4.78 is 6.03. The van der Waals surface area contributed by atoms with Gasteiger partial charge in [0, 0.05) is 12.1 Å². The van der Waals surface area contributed by atoms with Gasteiger partial charge in [-0.05, 0) is 112 Å². The first-order valence-electron chi connectivity index (χ1n) is 14.6. The topological polar surface area (TPSA) is 33.3 Å². The van der Waals surface area contributed by atoms with E-state index in [9.17, 15) is 0 Å². The Labute approximate surface area is 229 Å². The third kappa shape index (κ3) is 15.2. The molecule has 3 nitrogen and oxygen atoms in total. The quantitative estimate of drug-likeness (QED) is 0.225. The Balaban J connectivity index is 1.53. The van der Waals surface area contributed by atoms with Crippen LogP contribution in [0.1, 0.15) is 97.8 Å². The zero-order valence-electron chi connectivity index (χ0n) is 25.3. The number of aryl methyl sites for hydroxylation is 2. The van der Waals surface area contributed by atoms with Crippen LogP contribution in [0, 0.1) is 10.8 Å². The normalized spacial score (nSPS) is 12.6. The first-order chi connectivity index (χ1) is 17.3. The van der Waals surface area contributed by atoms with Gasteiger partial charge in [0.1, 0.15) is 12.4 Å². The summed E-state index contributed by atoms with van der Waals surface area (Å²) in [6.45, 7) is 22.0. The van der Waals surface area contributed by atoms with E-state index in [1.165, 1.54) is 42.4 Å². The fraction of sp³-hybridized carbons (Fsp3) is 0.647. The van der Waals surface area contributed by atoms with E-state index in [1.54, 1.807) is 0 Å². The van der Waals surface area contributed by atoms with E-state index in [0.717, 1.165) is 44.6 Å². The van der Waals surface area contributed by atoms with Crippen LogP contribution >= 0.6 is 0 Å². The Hall–Kier alpha value is -1.84. The second-order valence-electron chi connectivity index (χ2n) is 13.9. The molecule has 0 unspecified atom stereocenters. The van der Waals surface area contributed by atoms with E-state index >= 15 is 0 Å². The Morgan fingerprint density at radius 2 is 1.35 bits per heavy atom. The van der Waals surface area contributed by atoms with E-state index in [4.69, 9.17) is 4.74 Å². The minimum Gasteiger partial charge on any atom is -0.492 e. The van der Waals surface area contributed by atoms with Gasteiger partial charge in [0.25, 0.3) is 0 Å². The number of hydrogen-bond acceptors (Lipinski definition) is 3. The average Bonchev–Trinajstić information content (AvgIpc) is 2.80. The molecular weight excluding hydrogens is 452 g/mol. The Kier molecular flexibility index (Phi) is 12.7. The van der Waals surface area contributed by atoms with Gasteiger partial charge in [0.15, 0.2) is 0 Å². The van der Waals surface area contributed by atoms with Crippen molar-refractivity contribution in [1.29, 1.82) is 0 Å². The molecule has 0 aliphatic carbocycles. The predicted octanol–water partition coefficient (Wildman–Crippen LogP) is 8.00. The van der Waals surface area contributed by atoms with Crippen LogP contribution in [0.3, 0.4) is 0 Å². The molecule has 2 rings (SSSR count). The van der Waals surface area contributed by atoms with Crippen LogP contribution in [-0.4, -0.2) is 31.8 Å². The standard InChI is InChI=1S/C34H56N2O/c1-32(2,3)20-19-29-13-11-14-31(26-29)37-25-24-36-34(7,8)21-23-35-22-10-9-12-28-15-17-30(18-16-28)27-33(4,5)6/h11,13-18,26,35-36H,9-10,12,19-25,27H2,1-8H3. The first kappa shape index (κ1) is 31.4. The summed E-state index contributed by atoms with van der Waals surface area (Å²) >= 11 is 0. The molecule has 37 heavy (non-hydrogen) atoms. The van der Waals surface area contributed by atoms with Crippen molar-refractivity contribution < 1.29 is 4.74 Å². The summed E-state index contributed by atoms with van der Waals surface area (Å²) in [7, 11) is 0. The number of unbranched alkanes of at least 4 members (excludes halogenated alkanes) is 1. The number of benzene rings is 2. The summed E-state index contributed by atoms with van der Waals surface area (Å²) in [5.74, 6) is 0.980. The number of hydrogen-bond donors (Lipinski definition) is 2. The fourth-order valence-electron chi connectivity index (χ4n) is 4.50. The molecule has 0 aromatic heterocycles. The van der Waals surface area contributed by atoms with Gasteiger partial charge in [0.05, 0.1) is 0 Å². The van der Waals surface area contributed by atoms with Crippen LogP contribution in [0.4, 0.5) is 0 Å². The molecule has 0 aliphatic heterocycles. The van der Waals surface area contributed by atoms with Crippen molar-refractivity contribution in [2.75, 3.05) is 26.2 Å². The lowest BCUT2D eigenvalue weighted by molar-refractivity contribution is 0.276. The van der Waals surface area contributed by atoms with Crippen molar-refractivity contribution in [1.82, 2.24) is 10.6 Å². The molecule has 2 aromatic rings. The lowest BCUT2D eigenvalue weighted by atomic mass is 9.88. The van der Waals surface area contributed by atoms with Crippen LogP contribution in [-0.2, 0) is 19.3 Å². The highest BCUT2D eigenvalue weighted by Gasteiger charge is 2.16. The van der Waals surface area contributed by atoms with Gasteiger partial charge in [0.2, 0.25) is 0 Å². The van der Waals surface area contributed by atoms with Crippen LogP contribution in [0.25, 0.3) is 0 Å². The van der Waals surface area contributed by atoms with Gasteiger partial charge in [-0.25, -0.2) is 0 Å². The van der Waals surface area contributed by atoms with Gasteiger partial charge in [-0.3, -0.25) is 0 Å². The molecule has 0 bridgehead atoms. The van der Waals surface area contributed by atoms with E-state index in [0.29, 0.717) is 17.4 Å². The van der Waals surface area contributed by atoms with Crippen molar-refractivity contribution in [2.45, 2.75) is 106 Å². The molecule has 0 saturated heterocycles. The van der Waals surface area contributed by atoms with Gasteiger partial charge in [-0.2, -0.15) is 0 Å². The number of nitrogens with one attached hydrogen (secondary N) is 2. The SMILES string of the molecule is CC(C)(C)CCc1cccc(OCCNC(C)(C)CCNCCCCc2ccc(CC(C)(C)C)cc2)c1. The molecule has 0 radical (unpaired) electrons. The maximum atomic E-state index is 6.03. The largest absolute Gasteiger partial charge is 0.492 e. The molecule has 3 heteroatoms. The maximum absolute atomic E-state index is 6.03. The average molecular weight is 509 g/mol. The van der Waals surface area contributed by atoms with Crippen molar-refractivity contribution in [3.8, 4) is 5.75 Å². The number of rotatable bonds is 16. The van der Waals surface area contributed by atoms with Gasteiger partial charge < -0.3 is 15.4 Å². The molecule has 208 valence electrons. The van der Waals surface area contributed by atoms with E-state index in [1.807, 2.05) is 0 Å². The lowest BCUT2D eigenvalue weighted by Crippen LogP contribution is -2.43. The summed E-state index contributed by atoms with van der Waals surface area (Å²) in [5.41, 5.74) is 5.08. The molecular formula is C34H56N2O. The maximum Gasteiger partial charge on any atom is 0.119 e. The number of ether oxygens (including phenoxy) is 1. The van der Waals surface area contributed by atoms with E-state index < -0.39 is 0 Å². The third-order valence-electron chi connectivity index (χ3n) is 6.79. The van der Waals surface area contributed by atoms with Crippen molar-refractivity contribution in [3.05, 3.63) is 65.2 Å². The van der Waals surface area contributed by atoms with Gasteiger partial charge >= 0.3 is 0 Å². The zero-order chi connectivity index (χ0) is 27.4. The third-order valence-corrected chi connectivity index (χ3v) is 6.79. The second-order valence-corrected chi connectivity index (χ2v) is 13.9. The fourth-order valence-corrected chi connectivity index (χ4v) is 4.50. The second kappa shape index (κ2) is 14.9. The Morgan fingerprint density at radius 1 is 0.649 bits per heavy atom. The summed E-state index contributed by atoms with van der Waals surface area (Å²) in [4.78, 5) is 0. The summed E-state index contributed by atoms with van der Waals surface area (Å²) in [6.07, 6.45) is 8.16. The zero-order valence-corrected chi connectivity index (χ0v) is 25.3. The van der Waals surface area contributed by atoms with E-state index in [-0.39, 0.29) is 5.54 Å². The molecule has 0 fully saturated rings. The molecule has 0 saturated carbocycles. The van der Waals surface area contributed by atoms with Crippen LogP contribution in [0.2, 0.25) is 0 Å². The molecule has 0 atom stereocenters. The summed E-state index contributed by atoms with van der Waals surface area (Å²) in [5, 5.41) is 7.30. The molecule has 2 aromatic carbocycles. The van der Waals surface area contributed by atoms with Crippen LogP contribution in [0.5, 0.6) is 5.75 Å². The smallest absolute Gasteiger partial charge is 0.119 e. The van der Waals surface area contributed by atoms with E-state index in [2.05, 4.69) is 115 Å². The monoisotopic (exact) mass is 508 g/mol. The van der Waals surface area contributed by atoms with Crippen LogP contribution < -0.4 is 15.4 Å². The molecule has 0 aliphatic rings. The van der Waals surface area contributed by atoms with Crippen LogP contribution in [0.15, 0.2) is 48.5 Å². The highest BCUT2D eigenvalue weighted by Crippen LogP contribution is 2.23. The van der Waals surface area contributed by atoms with Gasteiger partial charge in [-0.15, -0.1) is 0 Å². The van der Waals surface area contributed by atoms with Crippen molar-refractivity contribution in [2.24, 2.45) is 10.8 Å². The molecule has 0 heterocycles. The predicted molar refractivity (Wildman–Crippen MR) is 162 cm³/mol. The molecule has 0 spiro atoms. The van der Waals surface area contributed by atoms with Crippen molar-refractivity contribution >= 4 is 0 Å². The minimum atomic E-state index is 0.0969. The first-order valence-corrected chi connectivity index (χ1v) is 14.6. The Morgan fingerprint density at radius 3 is 2.03 bits per heavy atom. The minimum absolute atomic E-state index is 0.0969.